The Labute approximate surface area is 187 Å². The molecule has 0 aliphatic heterocycles. The number of hydrogen-bond donors (Lipinski definition) is 3. The number of guanidine groups is 1. The standard InChI is InChI=1S/C14H27NO.C10H13N3O2/c1-3-12(2)11-15-14(16)10-9-13-7-5-4-6-8-13;1-15-8-4-2-3-7(5-8)6-9(14)13-10(11)12/h12-13H,3-11H2,1-2H3,(H,15,16);2-5H,6H2,1H3,(H4,11,12,13,14). The lowest BCUT2D eigenvalue weighted by Crippen LogP contribution is -2.28. The first kappa shape index (κ1) is 26.5. The summed E-state index contributed by atoms with van der Waals surface area (Å²) in [6.07, 6.45) is 9.98. The fraction of sp³-hybridized carbons (Fsp3) is 0.625. The molecule has 0 heterocycles. The van der Waals surface area contributed by atoms with E-state index in [0.717, 1.165) is 37.3 Å². The summed E-state index contributed by atoms with van der Waals surface area (Å²) in [6, 6.07) is 7.17. The number of carbonyl (C=O) groups is 2. The number of benzene rings is 1. The van der Waals surface area contributed by atoms with Gasteiger partial charge in [-0.3, -0.25) is 9.59 Å². The molecule has 1 fully saturated rings. The number of ether oxygens (including phenoxy) is 1. The molecule has 0 bridgehead atoms. The monoisotopic (exact) mass is 432 g/mol. The van der Waals surface area contributed by atoms with E-state index in [1.807, 2.05) is 6.07 Å². The van der Waals surface area contributed by atoms with E-state index < -0.39 is 0 Å². The van der Waals surface area contributed by atoms with Crippen molar-refractivity contribution in [2.24, 2.45) is 28.3 Å². The Morgan fingerprint density at radius 3 is 2.55 bits per heavy atom. The molecule has 174 valence electrons. The van der Waals surface area contributed by atoms with Gasteiger partial charge in [-0.1, -0.05) is 64.5 Å². The molecule has 31 heavy (non-hydrogen) atoms. The molecule has 1 aliphatic carbocycles. The predicted octanol–water partition coefficient (Wildman–Crippen LogP) is 3.55. The summed E-state index contributed by atoms with van der Waals surface area (Å²) in [5.41, 5.74) is 11.0. The van der Waals surface area contributed by atoms with Gasteiger partial charge in [-0.05, 0) is 36.0 Å². The first-order valence-corrected chi connectivity index (χ1v) is 11.4. The Morgan fingerprint density at radius 1 is 1.23 bits per heavy atom. The molecule has 7 nitrogen and oxygen atoms in total. The maximum Gasteiger partial charge on any atom is 0.253 e. The molecule has 0 radical (unpaired) electrons. The first-order chi connectivity index (χ1) is 14.8. The maximum atomic E-state index is 11.6. The van der Waals surface area contributed by atoms with Crippen LogP contribution in [0, 0.1) is 11.8 Å². The number of nitrogens with one attached hydrogen (secondary N) is 1. The highest BCUT2D eigenvalue weighted by molar-refractivity contribution is 5.92. The van der Waals surface area contributed by atoms with Crippen LogP contribution in [0.25, 0.3) is 0 Å². The lowest BCUT2D eigenvalue weighted by Gasteiger charge is -2.21. The van der Waals surface area contributed by atoms with Crippen LogP contribution in [-0.2, 0) is 16.0 Å². The lowest BCUT2D eigenvalue weighted by molar-refractivity contribution is -0.121. The molecule has 1 aliphatic rings. The van der Waals surface area contributed by atoms with Gasteiger partial charge in [-0.25, -0.2) is 0 Å². The zero-order valence-corrected chi connectivity index (χ0v) is 19.4. The van der Waals surface area contributed by atoms with Crippen LogP contribution < -0.4 is 21.5 Å². The van der Waals surface area contributed by atoms with Gasteiger partial charge in [0.15, 0.2) is 5.96 Å². The summed E-state index contributed by atoms with van der Waals surface area (Å²) in [5.74, 6) is 1.80. The predicted molar refractivity (Wildman–Crippen MR) is 126 cm³/mol. The third-order valence-corrected chi connectivity index (χ3v) is 5.59. The Bertz CT molecular complexity index is 696. The minimum atomic E-state index is -0.372. The number of hydrogen-bond acceptors (Lipinski definition) is 3. The number of nitrogens with zero attached hydrogens (tertiary/aromatic N) is 1. The fourth-order valence-electron chi connectivity index (χ4n) is 3.47. The van der Waals surface area contributed by atoms with Crippen molar-refractivity contribution in [3.8, 4) is 5.75 Å². The molecular weight excluding hydrogens is 392 g/mol. The van der Waals surface area contributed by atoms with Crippen LogP contribution in [0.1, 0.15) is 70.8 Å². The number of methoxy groups -OCH3 is 1. The van der Waals surface area contributed by atoms with Crippen molar-refractivity contribution in [1.29, 1.82) is 0 Å². The number of amides is 2. The van der Waals surface area contributed by atoms with Gasteiger partial charge < -0.3 is 21.5 Å². The Hall–Kier alpha value is -2.57. The van der Waals surface area contributed by atoms with Crippen molar-refractivity contribution >= 4 is 17.8 Å². The molecular formula is C24H40N4O3. The normalized spacial score (nSPS) is 14.5. The zero-order valence-electron chi connectivity index (χ0n) is 19.4. The third-order valence-electron chi connectivity index (χ3n) is 5.59. The highest BCUT2D eigenvalue weighted by Crippen LogP contribution is 2.27. The summed E-state index contributed by atoms with van der Waals surface area (Å²) in [5, 5.41) is 3.03. The van der Waals surface area contributed by atoms with E-state index in [9.17, 15) is 9.59 Å². The molecule has 1 unspecified atom stereocenters. The molecule has 0 spiro atoms. The van der Waals surface area contributed by atoms with E-state index in [1.54, 1.807) is 25.3 Å². The van der Waals surface area contributed by atoms with Crippen molar-refractivity contribution in [3.05, 3.63) is 29.8 Å². The van der Waals surface area contributed by atoms with E-state index >= 15 is 0 Å². The molecule has 1 saturated carbocycles. The molecule has 2 rings (SSSR count). The Balaban J connectivity index is 0.000000311. The van der Waals surface area contributed by atoms with E-state index in [2.05, 4.69) is 24.2 Å². The van der Waals surface area contributed by atoms with Gasteiger partial charge in [0.1, 0.15) is 5.75 Å². The zero-order chi connectivity index (χ0) is 23.1. The average Bonchev–Trinajstić information content (AvgIpc) is 2.76. The third kappa shape index (κ3) is 12.7. The average molecular weight is 433 g/mol. The van der Waals surface area contributed by atoms with Crippen LogP contribution in [0.15, 0.2) is 29.3 Å². The second-order valence-electron chi connectivity index (χ2n) is 8.32. The molecule has 0 saturated heterocycles. The Morgan fingerprint density at radius 2 is 1.94 bits per heavy atom. The minimum absolute atomic E-state index is 0.162. The van der Waals surface area contributed by atoms with Crippen LogP contribution >= 0.6 is 0 Å². The van der Waals surface area contributed by atoms with Gasteiger partial charge in [0.2, 0.25) is 5.91 Å². The molecule has 1 atom stereocenters. The van der Waals surface area contributed by atoms with Gasteiger partial charge in [0.05, 0.1) is 13.5 Å². The van der Waals surface area contributed by atoms with Crippen molar-refractivity contribution in [3.63, 3.8) is 0 Å². The second-order valence-corrected chi connectivity index (χ2v) is 8.32. The van der Waals surface area contributed by atoms with Gasteiger partial charge in [-0.2, -0.15) is 4.99 Å². The second kappa shape index (κ2) is 15.3. The van der Waals surface area contributed by atoms with Crippen LogP contribution in [-0.4, -0.2) is 31.4 Å². The quantitative estimate of drug-likeness (QED) is 0.407. The van der Waals surface area contributed by atoms with Gasteiger partial charge in [0.25, 0.3) is 5.91 Å². The summed E-state index contributed by atoms with van der Waals surface area (Å²) in [6.45, 7) is 5.19. The molecule has 5 N–H and O–H groups in total. The summed E-state index contributed by atoms with van der Waals surface area (Å²) in [7, 11) is 1.57. The molecule has 1 aromatic rings. The molecule has 0 aromatic heterocycles. The van der Waals surface area contributed by atoms with Crippen LogP contribution in [0.4, 0.5) is 0 Å². The number of aliphatic imine (C=N–C) groups is 1. The lowest BCUT2D eigenvalue weighted by atomic mass is 9.86. The highest BCUT2D eigenvalue weighted by atomic mass is 16.5. The van der Waals surface area contributed by atoms with E-state index in [0.29, 0.717) is 11.7 Å². The SMILES string of the molecule is CCC(C)CNC(=O)CCC1CCCCC1.COc1cccc(CC(=O)N=C(N)N)c1. The smallest absolute Gasteiger partial charge is 0.253 e. The van der Waals surface area contributed by atoms with Crippen molar-refractivity contribution in [2.45, 2.75) is 71.6 Å². The van der Waals surface area contributed by atoms with E-state index in [-0.39, 0.29) is 24.2 Å². The van der Waals surface area contributed by atoms with Crippen LogP contribution in [0.2, 0.25) is 0 Å². The summed E-state index contributed by atoms with van der Waals surface area (Å²) < 4.78 is 5.02. The molecule has 7 heteroatoms. The summed E-state index contributed by atoms with van der Waals surface area (Å²) >= 11 is 0. The maximum absolute atomic E-state index is 11.6. The van der Waals surface area contributed by atoms with E-state index in [4.69, 9.17) is 16.2 Å². The van der Waals surface area contributed by atoms with Crippen molar-refractivity contribution in [2.75, 3.05) is 13.7 Å². The first-order valence-electron chi connectivity index (χ1n) is 11.4. The van der Waals surface area contributed by atoms with Crippen LogP contribution in [0.5, 0.6) is 5.75 Å². The minimum Gasteiger partial charge on any atom is -0.497 e. The van der Waals surface area contributed by atoms with Gasteiger partial charge in [-0.15, -0.1) is 0 Å². The number of carbonyl (C=O) groups excluding carboxylic acids is 2. The van der Waals surface area contributed by atoms with Crippen molar-refractivity contribution in [1.82, 2.24) is 5.32 Å². The van der Waals surface area contributed by atoms with Crippen LogP contribution in [0.3, 0.4) is 0 Å². The number of nitrogens with two attached hydrogens (primary N) is 2. The molecule has 1 aromatic carbocycles. The topological polar surface area (TPSA) is 120 Å². The Kier molecular flexibility index (Phi) is 13.0. The fourth-order valence-corrected chi connectivity index (χ4v) is 3.47. The number of rotatable bonds is 9. The van der Waals surface area contributed by atoms with Crippen molar-refractivity contribution < 1.29 is 14.3 Å². The van der Waals surface area contributed by atoms with Gasteiger partial charge in [0, 0.05) is 13.0 Å². The van der Waals surface area contributed by atoms with Gasteiger partial charge >= 0.3 is 0 Å². The largest absolute Gasteiger partial charge is 0.497 e. The molecule has 2 amide bonds. The summed E-state index contributed by atoms with van der Waals surface area (Å²) in [4.78, 5) is 26.2. The van der Waals surface area contributed by atoms with E-state index in [1.165, 1.54) is 32.1 Å². The highest BCUT2D eigenvalue weighted by Gasteiger charge is 2.14.